The lowest BCUT2D eigenvalue weighted by molar-refractivity contribution is -0.146. The van der Waals surface area contributed by atoms with E-state index in [1.165, 1.54) is 19.3 Å². The summed E-state index contributed by atoms with van der Waals surface area (Å²) >= 11 is 0. The van der Waals surface area contributed by atoms with Crippen LogP contribution in [0.5, 0.6) is 0 Å². The van der Waals surface area contributed by atoms with Gasteiger partial charge in [0.15, 0.2) is 5.78 Å². The van der Waals surface area contributed by atoms with E-state index in [-0.39, 0.29) is 11.7 Å². The number of hydrogen-bond donors (Lipinski definition) is 0. The topological polar surface area (TPSA) is 26.3 Å². The van der Waals surface area contributed by atoms with Crippen molar-refractivity contribution in [2.75, 3.05) is 0 Å². The summed E-state index contributed by atoms with van der Waals surface area (Å²) in [4.78, 5) is 11.4. The second kappa shape index (κ2) is 2.11. The van der Waals surface area contributed by atoms with Gasteiger partial charge in [0.25, 0.3) is 0 Å². The van der Waals surface area contributed by atoms with Gasteiger partial charge in [-0.15, -0.1) is 0 Å². The Labute approximate surface area is 72.3 Å². The van der Waals surface area contributed by atoms with Crippen LogP contribution in [0.25, 0.3) is 0 Å². The standard InChI is InChI=1S/C10H14O2/c11-8-3-5-10-4-1-2-7(10)6-9(8)12-10/h7,9H,1-6H2/t7-,9+,10+/m1/s1. The van der Waals surface area contributed by atoms with Gasteiger partial charge in [-0.25, -0.2) is 0 Å². The van der Waals surface area contributed by atoms with Gasteiger partial charge in [0, 0.05) is 6.42 Å². The highest BCUT2D eigenvalue weighted by Crippen LogP contribution is 2.53. The van der Waals surface area contributed by atoms with Gasteiger partial charge in [-0.05, 0) is 31.6 Å². The number of ether oxygens (including phenoxy) is 1. The molecule has 3 rings (SSSR count). The fourth-order valence-corrected chi connectivity index (χ4v) is 3.27. The molecule has 0 aromatic rings. The van der Waals surface area contributed by atoms with E-state index in [0.29, 0.717) is 11.7 Å². The average molecular weight is 166 g/mol. The molecule has 0 unspecified atom stereocenters. The van der Waals surface area contributed by atoms with E-state index in [1.807, 2.05) is 0 Å². The molecule has 0 amide bonds. The molecule has 3 fully saturated rings. The minimum absolute atomic E-state index is 0.0101. The Morgan fingerprint density at radius 3 is 3.25 bits per heavy atom. The van der Waals surface area contributed by atoms with Crippen molar-refractivity contribution in [1.29, 1.82) is 0 Å². The molecule has 66 valence electrons. The smallest absolute Gasteiger partial charge is 0.161 e. The predicted molar refractivity (Wildman–Crippen MR) is 43.8 cm³/mol. The third-order valence-corrected chi connectivity index (χ3v) is 3.93. The summed E-state index contributed by atoms with van der Waals surface area (Å²) in [6.45, 7) is 0. The van der Waals surface area contributed by atoms with Gasteiger partial charge in [-0.3, -0.25) is 4.79 Å². The van der Waals surface area contributed by atoms with Crippen LogP contribution in [0.3, 0.4) is 0 Å². The van der Waals surface area contributed by atoms with Gasteiger partial charge in [-0.2, -0.15) is 0 Å². The highest BCUT2D eigenvalue weighted by Gasteiger charge is 2.55. The lowest BCUT2D eigenvalue weighted by Gasteiger charge is -2.32. The zero-order chi connectivity index (χ0) is 8.18. The Kier molecular flexibility index (Phi) is 1.24. The molecular formula is C10H14O2. The van der Waals surface area contributed by atoms with Gasteiger partial charge >= 0.3 is 0 Å². The molecule has 0 N–H and O–H groups in total. The molecule has 2 aliphatic heterocycles. The fraction of sp³-hybridized carbons (Fsp3) is 0.900. The summed E-state index contributed by atoms with van der Waals surface area (Å²) in [5.74, 6) is 1.07. The van der Waals surface area contributed by atoms with Crippen molar-refractivity contribution in [2.45, 2.75) is 50.2 Å². The maximum Gasteiger partial charge on any atom is 0.161 e. The van der Waals surface area contributed by atoms with E-state index in [1.54, 1.807) is 0 Å². The van der Waals surface area contributed by atoms with E-state index in [0.717, 1.165) is 19.3 Å². The molecule has 2 heteroatoms. The zero-order valence-electron chi connectivity index (χ0n) is 7.21. The first-order valence-corrected chi connectivity index (χ1v) is 5.01. The van der Waals surface area contributed by atoms with Crippen molar-refractivity contribution >= 4 is 5.78 Å². The summed E-state index contributed by atoms with van der Waals surface area (Å²) in [5, 5.41) is 0. The summed E-state index contributed by atoms with van der Waals surface area (Å²) in [7, 11) is 0. The lowest BCUT2D eigenvalue weighted by atomic mass is 9.88. The summed E-state index contributed by atoms with van der Waals surface area (Å²) in [6.07, 6.45) is 6.62. The lowest BCUT2D eigenvalue weighted by Crippen LogP contribution is -2.38. The maximum atomic E-state index is 11.4. The van der Waals surface area contributed by atoms with E-state index >= 15 is 0 Å². The number of rotatable bonds is 0. The van der Waals surface area contributed by atoms with Gasteiger partial charge in [0.2, 0.25) is 0 Å². The molecule has 3 aliphatic rings. The Balaban J connectivity index is 1.95. The number of fused-ring (bicyclic) bond motifs is 1. The Morgan fingerprint density at radius 1 is 1.42 bits per heavy atom. The largest absolute Gasteiger partial charge is 0.364 e. The van der Waals surface area contributed by atoms with E-state index in [4.69, 9.17) is 4.74 Å². The second-order valence-corrected chi connectivity index (χ2v) is 4.46. The van der Waals surface area contributed by atoms with E-state index in [2.05, 4.69) is 0 Å². The minimum atomic E-state index is -0.0101. The molecule has 0 radical (unpaired) electrons. The van der Waals surface area contributed by atoms with Gasteiger partial charge in [0.05, 0.1) is 5.60 Å². The molecule has 2 heterocycles. The number of carbonyl (C=O) groups is 1. The fourth-order valence-electron chi connectivity index (χ4n) is 3.27. The summed E-state index contributed by atoms with van der Waals surface area (Å²) < 4.78 is 5.87. The highest BCUT2D eigenvalue weighted by molar-refractivity contribution is 5.84. The third-order valence-electron chi connectivity index (χ3n) is 3.93. The van der Waals surface area contributed by atoms with Crippen molar-refractivity contribution in [3.05, 3.63) is 0 Å². The maximum absolute atomic E-state index is 11.4. The molecule has 3 atom stereocenters. The Morgan fingerprint density at radius 2 is 2.33 bits per heavy atom. The van der Waals surface area contributed by atoms with E-state index in [9.17, 15) is 4.79 Å². The van der Waals surface area contributed by atoms with Gasteiger partial charge in [-0.1, -0.05) is 6.42 Å². The number of Topliss-reactive ketones (excluding diaryl/α,β-unsaturated/α-hetero) is 1. The highest BCUT2D eigenvalue weighted by atomic mass is 16.5. The third kappa shape index (κ3) is 0.717. The molecular weight excluding hydrogens is 152 g/mol. The molecule has 1 saturated carbocycles. The first-order chi connectivity index (χ1) is 5.80. The molecule has 2 saturated heterocycles. The van der Waals surface area contributed by atoms with Crippen LogP contribution in [-0.2, 0) is 9.53 Å². The van der Waals surface area contributed by atoms with Crippen molar-refractivity contribution < 1.29 is 9.53 Å². The van der Waals surface area contributed by atoms with Crippen LogP contribution in [0.2, 0.25) is 0 Å². The van der Waals surface area contributed by atoms with Crippen LogP contribution in [0, 0.1) is 5.92 Å². The molecule has 1 spiro atoms. The van der Waals surface area contributed by atoms with Crippen LogP contribution >= 0.6 is 0 Å². The molecule has 0 aromatic heterocycles. The first kappa shape index (κ1) is 7.07. The Hall–Kier alpha value is -0.370. The van der Waals surface area contributed by atoms with Crippen LogP contribution in [-0.4, -0.2) is 17.5 Å². The molecule has 2 nitrogen and oxygen atoms in total. The monoisotopic (exact) mass is 166 g/mol. The molecule has 0 aromatic carbocycles. The van der Waals surface area contributed by atoms with Gasteiger partial charge < -0.3 is 4.74 Å². The first-order valence-electron chi connectivity index (χ1n) is 5.01. The Bertz CT molecular complexity index is 236. The van der Waals surface area contributed by atoms with Gasteiger partial charge in [0.1, 0.15) is 6.10 Å². The molecule has 2 bridgehead atoms. The van der Waals surface area contributed by atoms with Crippen LogP contribution in [0.15, 0.2) is 0 Å². The quantitative estimate of drug-likeness (QED) is 0.547. The summed E-state index contributed by atoms with van der Waals surface area (Å²) in [6, 6.07) is 0. The number of ketones is 1. The van der Waals surface area contributed by atoms with Crippen molar-refractivity contribution in [3.63, 3.8) is 0 Å². The zero-order valence-corrected chi connectivity index (χ0v) is 7.21. The predicted octanol–water partition coefficient (Wildman–Crippen LogP) is 1.68. The van der Waals surface area contributed by atoms with Crippen molar-refractivity contribution in [1.82, 2.24) is 0 Å². The number of carbonyl (C=O) groups excluding carboxylic acids is 1. The van der Waals surface area contributed by atoms with Crippen LogP contribution in [0.1, 0.15) is 38.5 Å². The van der Waals surface area contributed by atoms with Crippen LogP contribution in [0.4, 0.5) is 0 Å². The molecule has 1 aliphatic carbocycles. The van der Waals surface area contributed by atoms with E-state index < -0.39 is 0 Å². The minimum Gasteiger partial charge on any atom is -0.364 e. The average Bonchev–Trinajstić information content (AvgIpc) is 2.52. The van der Waals surface area contributed by atoms with Crippen molar-refractivity contribution in [2.24, 2.45) is 5.92 Å². The van der Waals surface area contributed by atoms with Crippen molar-refractivity contribution in [3.8, 4) is 0 Å². The second-order valence-electron chi connectivity index (χ2n) is 4.46. The van der Waals surface area contributed by atoms with Crippen LogP contribution < -0.4 is 0 Å². The normalized spacial score (nSPS) is 51.2. The number of hydrogen-bond acceptors (Lipinski definition) is 2. The molecule has 12 heavy (non-hydrogen) atoms. The summed E-state index contributed by atoms with van der Waals surface area (Å²) in [5.41, 5.74) is 0.165. The SMILES string of the molecule is O=C1CC[C@@]23CCC[C@@H]2C[C@@H]1O3.